The second-order valence-corrected chi connectivity index (χ2v) is 7.01. The van der Waals surface area contributed by atoms with Crippen LogP contribution in [0.5, 0.6) is 11.5 Å². The number of rotatable bonds is 7. The molecule has 0 unspecified atom stereocenters. The van der Waals surface area contributed by atoms with Gasteiger partial charge in [0.15, 0.2) is 11.5 Å². The maximum Gasteiger partial charge on any atom is 0.163 e. The van der Waals surface area contributed by atoms with E-state index in [9.17, 15) is 0 Å². The van der Waals surface area contributed by atoms with Crippen LogP contribution in [0.2, 0.25) is 10.0 Å². The van der Waals surface area contributed by atoms with E-state index in [-0.39, 0.29) is 0 Å². The Morgan fingerprint density at radius 2 is 1.63 bits per heavy atom. The van der Waals surface area contributed by atoms with Gasteiger partial charge >= 0.3 is 0 Å². The average molecular weight is 402 g/mol. The fourth-order valence-electron chi connectivity index (χ4n) is 2.68. The Morgan fingerprint density at radius 3 is 2.33 bits per heavy atom. The summed E-state index contributed by atoms with van der Waals surface area (Å²) in [5.41, 5.74) is 4.21. The van der Waals surface area contributed by atoms with Crippen molar-refractivity contribution < 1.29 is 9.47 Å². The molecule has 3 nitrogen and oxygen atoms in total. The summed E-state index contributed by atoms with van der Waals surface area (Å²) >= 11 is 12.4. The number of nitrogens with one attached hydrogen (secondary N) is 1. The van der Waals surface area contributed by atoms with E-state index < -0.39 is 0 Å². The monoisotopic (exact) mass is 401 g/mol. The molecule has 0 spiro atoms. The summed E-state index contributed by atoms with van der Waals surface area (Å²) in [6, 6.07) is 19.4. The van der Waals surface area contributed by atoms with E-state index in [0.717, 1.165) is 16.8 Å². The number of hydrogen-bond acceptors (Lipinski definition) is 3. The number of hydrogen-bond donors (Lipinski definition) is 1. The van der Waals surface area contributed by atoms with Crippen molar-refractivity contribution in [2.24, 2.45) is 0 Å². The number of methoxy groups -OCH3 is 1. The van der Waals surface area contributed by atoms with Crippen LogP contribution in [0.15, 0.2) is 60.7 Å². The highest BCUT2D eigenvalue weighted by molar-refractivity contribution is 6.31. The summed E-state index contributed by atoms with van der Waals surface area (Å²) in [5.74, 6) is 1.28. The van der Waals surface area contributed by atoms with Crippen LogP contribution in [-0.4, -0.2) is 7.11 Å². The Hall–Kier alpha value is -2.36. The lowest BCUT2D eigenvalue weighted by molar-refractivity contribution is 0.284. The highest BCUT2D eigenvalue weighted by Gasteiger charge is 2.11. The predicted molar refractivity (Wildman–Crippen MR) is 112 cm³/mol. The quantitative estimate of drug-likeness (QED) is 0.489. The molecule has 140 valence electrons. The molecule has 3 aromatic carbocycles. The van der Waals surface area contributed by atoms with Crippen LogP contribution in [0, 0.1) is 6.92 Å². The minimum absolute atomic E-state index is 0.460. The molecule has 0 bridgehead atoms. The lowest BCUT2D eigenvalue weighted by Gasteiger charge is -2.15. The molecule has 0 aromatic heterocycles. The predicted octanol–water partition coefficient (Wildman–Crippen LogP) is 6.50. The zero-order valence-electron chi connectivity index (χ0n) is 15.3. The first-order valence-electron chi connectivity index (χ1n) is 8.60. The molecule has 0 atom stereocenters. The Bertz CT molecular complexity index is 911. The lowest BCUT2D eigenvalue weighted by atomic mass is 10.1. The molecule has 3 rings (SSSR count). The molecule has 0 saturated heterocycles. The minimum atomic E-state index is 0.460. The van der Waals surface area contributed by atoms with Gasteiger partial charge in [-0.3, -0.25) is 0 Å². The molecule has 0 aliphatic rings. The van der Waals surface area contributed by atoms with E-state index in [0.29, 0.717) is 34.7 Å². The van der Waals surface area contributed by atoms with Gasteiger partial charge in [-0.05, 0) is 53.9 Å². The first-order valence-corrected chi connectivity index (χ1v) is 9.35. The van der Waals surface area contributed by atoms with Crippen LogP contribution in [0.3, 0.4) is 0 Å². The summed E-state index contributed by atoms with van der Waals surface area (Å²) < 4.78 is 11.5. The fraction of sp³-hybridized carbons (Fsp3) is 0.182. The molecule has 3 aromatic rings. The van der Waals surface area contributed by atoms with E-state index in [2.05, 4.69) is 18.3 Å². The fourth-order valence-corrected chi connectivity index (χ4v) is 3.02. The van der Waals surface area contributed by atoms with Crippen LogP contribution >= 0.6 is 23.2 Å². The van der Waals surface area contributed by atoms with Crippen LogP contribution < -0.4 is 14.8 Å². The summed E-state index contributed by atoms with van der Waals surface area (Å²) in [7, 11) is 1.63. The van der Waals surface area contributed by atoms with E-state index in [1.807, 2.05) is 48.5 Å². The van der Waals surface area contributed by atoms with Gasteiger partial charge in [0.1, 0.15) is 6.61 Å². The molecule has 27 heavy (non-hydrogen) atoms. The molecule has 0 aliphatic heterocycles. The van der Waals surface area contributed by atoms with Gasteiger partial charge in [-0.1, -0.05) is 47.5 Å². The Labute approximate surface area is 169 Å². The molecule has 0 amide bonds. The van der Waals surface area contributed by atoms with Gasteiger partial charge in [0.05, 0.1) is 7.11 Å². The maximum atomic E-state index is 6.47. The second-order valence-electron chi connectivity index (χ2n) is 6.17. The largest absolute Gasteiger partial charge is 0.493 e. The molecule has 0 saturated carbocycles. The number of aryl methyl sites for hydroxylation is 1. The van der Waals surface area contributed by atoms with Gasteiger partial charge in [0.2, 0.25) is 0 Å². The van der Waals surface area contributed by atoms with Crippen molar-refractivity contribution in [3.63, 3.8) is 0 Å². The topological polar surface area (TPSA) is 30.5 Å². The normalized spacial score (nSPS) is 10.5. The third kappa shape index (κ3) is 5.09. The molecule has 0 aliphatic carbocycles. The van der Waals surface area contributed by atoms with Crippen molar-refractivity contribution in [1.82, 2.24) is 0 Å². The highest BCUT2D eigenvalue weighted by atomic mass is 35.5. The highest BCUT2D eigenvalue weighted by Crippen LogP contribution is 2.34. The van der Waals surface area contributed by atoms with Crippen molar-refractivity contribution in [1.29, 1.82) is 0 Å². The van der Waals surface area contributed by atoms with Crippen molar-refractivity contribution in [2.45, 2.75) is 20.1 Å². The summed E-state index contributed by atoms with van der Waals surface area (Å²) in [6.07, 6.45) is 0. The Kier molecular flexibility index (Phi) is 6.49. The summed E-state index contributed by atoms with van der Waals surface area (Å²) in [4.78, 5) is 0. The van der Waals surface area contributed by atoms with Gasteiger partial charge in [-0.2, -0.15) is 0 Å². The molecular formula is C22H21Cl2NO2. The van der Waals surface area contributed by atoms with Gasteiger partial charge < -0.3 is 14.8 Å². The van der Waals surface area contributed by atoms with Crippen LogP contribution in [0.4, 0.5) is 5.69 Å². The summed E-state index contributed by atoms with van der Waals surface area (Å²) in [5, 5.41) is 4.65. The third-order valence-electron chi connectivity index (χ3n) is 4.30. The molecular weight excluding hydrogens is 381 g/mol. The zero-order valence-corrected chi connectivity index (χ0v) is 16.8. The smallest absolute Gasteiger partial charge is 0.163 e. The molecule has 1 N–H and O–H groups in total. The van der Waals surface area contributed by atoms with Gasteiger partial charge in [0.25, 0.3) is 0 Å². The molecule has 0 heterocycles. The standard InChI is InChI=1S/C22H21Cl2NO2/c1-15-5-3-4-6-16(15)14-27-22-12-20(24)17(11-21(22)26-2)13-25-19-9-7-18(23)8-10-19/h3-12,25H,13-14H2,1-2H3. The number of benzene rings is 3. The molecule has 0 radical (unpaired) electrons. The van der Waals surface area contributed by atoms with E-state index in [1.165, 1.54) is 5.56 Å². The van der Waals surface area contributed by atoms with Crippen molar-refractivity contribution in [3.05, 3.63) is 87.4 Å². The average Bonchev–Trinajstić information content (AvgIpc) is 2.68. The van der Waals surface area contributed by atoms with E-state index >= 15 is 0 Å². The van der Waals surface area contributed by atoms with Gasteiger partial charge in [-0.15, -0.1) is 0 Å². The van der Waals surface area contributed by atoms with Crippen molar-refractivity contribution in [3.8, 4) is 11.5 Å². The second kappa shape index (κ2) is 9.03. The van der Waals surface area contributed by atoms with Crippen LogP contribution in [0.1, 0.15) is 16.7 Å². The van der Waals surface area contributed by atoms with Crippen LogP contribution in [0.25, 0.3) is 0 Å². The third-order valence-corrected chi connectivity index (χ3v) is 4.91. The molecule has 5 heteroatoms. The van der Waals surface area contributed by atoms with Crippen molar-refractivity contribution in [2.75, 3.05) is 12.4 Å². The van der Waals surface area contributed by atoms with E-state index in [4.69, 9.17) is 32.7 Å². The van der Waals surface area contributed by atoms with Crippen LogP contribution in [-0.2, 0) is 13.2 Å². The molecule has 0 fully saturated rings. The first-order chi connectivity index (χ1) is 13.1. The lowest BCUT2D eigenvalue weighted by Crippen LogP contribution is -2.03. The zero-order chi connectivity index (χ0) is 19.2. The summed E-state index contributed by atoms with van der Waals surface area (Å²) in [6.45, 7) is 3.09. The van der Waals surface area contributed by atoms with Crippen molar-refractivity contribution >= 4 is 28.9 Å². The SMILES string of the molecule is COc1cc(CNc2ccc(Cl)cc2)c(Cl)cc1OCc1ccccc1C. The Balaban J connectivity index is 1.72. The first kappa shape index (κ1) is 19.4. The maximum absolute atomic E-state index is 6.47. The Morgan fingerprint density at radius 1 is 0.889 bits per heavy atom. The van der Waals surface area contributed by atoms with E-state index in [1.54, 1.807) is 13.2 Å². The number of anilines is 1. The number of ether oxygens (including phenoxy) is 2. The van der Waals surface area contributed by atoms with Gasteiger partial charge in [0, 0.05) is 28.3 Å². The van der Waals surface area contributed by atoms with Gasteiger partial charge in [-0.25, -0.2) is 0 Å². The minimum Gasteiger partial charge on any atom is -0.493 e. The number of halogens is 2.